The van der Waals surface area contributed by atoms with E-state index in [0.717, 1.165) is 39.3 Å². The number of aromatic nitrogens is 6. The highest BCUT2D eigenvalue weighted by atomic mass is 16.5. The number of nitrogens with zero attached hydrogens (tertiary/aromatic N) is 6. The van der Waals surface area contributed by atoms with E-state index in [-0.39, 0.29) is 12.3 Å². The van der Waals surface area contributed by atoms with E-state index in [2.05, 4.69) is 20.4 Å². The van der Waals surface area contributed by atoms with Gasteiger partial charge in [0.25, 0.3) is 0 Å². The number of pyridine rings is 2. The first-order valence-electron chi connectivity index (χ1n) is 9.98. The zero-order valence-corrected chi connectivity index (χ0v) is 18.2. The first-order chi connectivity index (χ1) is 14.8. The van der Waals surface area contributed by atoms with Crippen LogP contribution >= 0.6 is 0 Å². The molecule has 3 aromatic heterocycles. The van der Waals surface area contributed by atoms with E-state index in [9.17, 15) is 4.79 Å². The fourth-order valence-electron chi connectivity index (χ4n) is 3.46. The average Bonchev–Trinajstić information content (AvgIpc) is 3.07. The van der Waals surface area contributed by atoms with Gasteiger partial charge in [-0.15, -0.1) is 0 Å². The SMILES string of the molecule is Cc1cccc(-c2cc(C)c(OCc3c(C)cccc3-n3nnn(C)c3=O)nc2C)n1. The van der Waals surface area contributed by atoms with Crippen molar-refractivity contribution in [3.05, 3.63) is 81.0 Å². The van der Waals surface area contributed by atoms with Gasteiger partial charge in [-0.1, -0.05) is 18.2 Å². The smallest absolute Gasteiger partial charge is 0.368 e. The van der Waals surface area contributed by atoms with Crippen LogP contribution in [-0.2, 0) is 13.7 Å². The minimum absolute atomic E-state index is 0.250. The van der Waals surface area contributed by atoms with Crippen LogP contribution < -0.4 is 10.4 Å². The van der Waals surface area contributed by atoms with Crippen molar-refractivity contribution in [2.75, 3.05) is 0 Å². The Balaban J connectivity index is 1.66. The van der Waals surface area contributed by atoms with Crippen molar-refractivity contribution in [2.45, 2.75) is 34.3 Å². The molecule has 0 spiro atoms. The topological polar surface area (TPSA) is 87.7 Å². The van der Waals surface area contributed by atoms with Gasteiger partial charge in [0.15, 0.2) is 0 Å². The molecule has 0 fully saturated rings. The van der Waals surface area contributed by atoms with E-state index in [4.69, 9.17) is 4.74 Å². The molecular weight excluding hydrogens is 392 g/mol. The molecule has 0 bridgehead atoms. The van der Waals surface area contributed by atoms with Crippen LogP contribution in [0.3, 0.4) is 0 Å². The summed E-state index contributed by atoms with van der Waals surface area (Å²) in [7, 11) is 1.57. The molecule has 0 N–H and O–H groups in total. The number of hydrogen-bond acceptors (Lipinski definition) is 6. The van der Waals surface area contributed by atoms with Gasteiger partial charge >= 0.3 is 5.69 Å². The van der Waals surface area contributed by atoms with Gasteiger partial charge in [0, 0.05) is 29.4 Å². The molecule has 4 aromatic rings. The van der Waals surface area contributed by atoms with Crippen molar-refractivity contribution >= 4 is 0 Å². The number of ether oxygens (including phenoxy) is 1. The van der Waals surface area contributed by atoms with E-state index in [1.54, 1.807) is 7.05 Å². The molecule has 1 aromatic carbocycles. The summed E-state index contributed by atoms with van der Waals surface area (Å²) >= 11 is 0. The van der Waals surface area contributed by atoms with Gasteiger partial charge in [0.1, 0.15) is 6.61 Å². The van der Waals surface area contributed by atoms with Crippen molar-refractivity contribution in [2.24, 2.45) is 7.05 Å². The first kappa shape index (κ1) is 20.5. The number of tetrazole rings is 1. The van der Waals surface area contributed by atoms with E-state index >= 15 is 0 Å². The summed E-state index contributed by atoms with van der Waals surface area (Å²) in [6, 6.07) is 13.7. The Morgan fingerprint density at radius 2 is 1.71 bits per heavy atom. The summed E-state index contributed by atoms with van der Waals surface area (Å²) in [5.74, 6) is 0.551. The Kier molecular flexibility index (Phi) is 5.37. The Morgan fingerprint density at radius 3 is 2.42 bits per heavy atom. The molecule has 8 nitrogen and oxygen atoms in total. The normalized spacial score (nSPS) is 11.0. The highest BCUT2D eigenvalue weighted by Crippen LogP contribution is 2.27. The molecule has 0 aliphatic carbocycles. The summed E-state index contributed by atoms with van der Waals surface area (Å²) in [4.78, 5) is 21.6. The van der Waals surface area contributed by atoms with Gasteiger partial charge in [0.2, 0.25) is 5.88 Å². The van der Waals surface area contributed by atoms with E-state index in [0.29, 0.717) is 11.6 Å². The molecule has 0 atom stereocenters. The summed E-state index contributed by atoms with van der Waals surface area (Å²) < 4.78 is 8.58. The van der Waals surface area contributed by atoms with Crippen molar-refractivity contribution < 1.29 is 4.74 Å². The second kappa shape index (κ2) is 8.14. The highest BCUT2D eigenvalue weighted by molar-refractivity contribution is 5.63. The molecule has 0 amide bonds. The fraction of sp³-hybridized carbons (Fsp3) is 0.261. The van der Waals surface area contributed by atoms with Crippen LogP contribution in [0, 0.1) is 27.7 Å². The first-order valence-corrected chi connectivity index (χ1v) is 9.98. The largest absolute Gasteiger partial charge is 0.473 e. The van der Waals surface area contributed by atoms with Crippen molar-refractivity contribution in [1.29, 1.82) is 0 Å². The average molecular weight is 416 g/mol. The number of rotatable bonds is 5. The molecule has 31 heavy (non-hydrogen) atoms. The Bertz CT molecular complexity index is 1320. The molecule has 4 rings (SSSR count). The lowest BCUT2D eigenvalue weighted by Gasteiger charge is -2.15. The van der Waals surface area contributed by atoms with Crippen molar-refractivity contribution in [3.8, 4) is 22.8 Å². The lowest BCUT2D eigenvalue weighted by molar-refractivity contribution is 0.290. The summed E-state index contributed by atoms with van der Waals surface area (Å²) in [5, 5.41) is 7.78. The molecule has 0 aliphatic heterocycles. The molecule has 0 aliphatic rings. The fourth-order valence-corrected chi connectivity index (χ4v) is 3.46. The molecule has 8 heteroatoms. The van der Waals surface area contributed by atoms with Crippen LogP contribution in [0.1, 0.15) is 28.1 Å². The van der Waals surface area contributed by atoms with Crippen molar-refractivity contribution in [1.82, 2.24) is 29.8 Å². The lowest BCUT2D eigenvalue weighted by atomic mass is 10.1. The second-order valence-electron chi connectivity index (χ2n) is 7.57. The summed E-state index contributed by atoms with van der Waals surface area (Å²) in [6.45, 7) is 8.11. The van der Waals surface area contributed by atoms with Gasteiger partial charge in [-0.25, -0.2) is 9.78 Å². The van der Waals surface area contributed by atoms with Crippen LogP contribution in [0.25, 0.3) is 16.9 Å². The zero-order valence-electron chi connectivity index (χ0n) is 18.2. The monoisotopic (exact) mass is 416 g/mol. The lowest BCUT2D eigenvalue weighted by Crippen LogP contribution is -2.23. The van der Waals surface area contributed by atoms with Gasteiger partial charge in [-0.2, -0.15) is 9.36 Å². The van der Waals surface area contributed by atoms with Crippen LogP contribution in [-0.4, -0.2) is 29.8 Å². The molecule has 158 valence electrons. The zero-order chi connectivity index (χ0) is 22.1. The third-order valence-electron chi connectivity index (χ3n) is 5.21. The van der Waals surface area contributed by atoms with E-state index in [1.807, 2.05) is 70.2 Å². The third kappa shape index (κ3) is 3.96. The van der Waals surface area contributed by atoms with Crippen LogP contribution in [0.2, 0.25) is 0 Å². The molecule has 3 heterocycles. The number of hydrogen-bond donors (Lipinski definition) is 0. The number of benzene rings is 1. The van der Waals surface area contributed by atoms with Crippen LogP contribution in [0.4, 0.5) is 0 Å². The van der Waals surface area contributed by atoms with Gasteiger partial charge < -0.3 is 4.74 Å². The molecule has 0 unspecified atom stereocenters. The Morgan fingerprint density at radius 1 is 0.935 bits per heavy atom. The summed E-state index contributed by atoms with van der Waals surface area (Å²) in [5.41, 5.74) is 6.77. The van der Waals surface area contributed by atoms with E-state index in [1.165, 1.54) is 9.36 Å². The Labute approximate surface area is 180 Å². The van der Waals surface area contributed by atoms with Gasteiger partial charge in [-0.05, 0) is 68.0 Å². The predicted molar refractivity (Wildman–Crippen MR) is 117 cm³/mol. The Hall–Kier alpha value is -3.81. The molecule has 0 saturated heterocycles. The summed E-state index contributed by atoms with van der Waals surface area (Å²) in [6.07, 6.45) is 0. The van der Waals surface area contributed by atoms with Crippen LogP contribution in [0.15, 0.2) is 47.3 Å². The molecule has 0 radical (unpaired) electrons. The second-order valence-corrected chi connectivity index (χ2v) is 7.57. The maximum Gasteiger partial charge on any atom is 0.368 e. The van der Waals surface area contributed by atoms with Crippen LogP contribution in [0.5, 0.6) is 5.88 Å². The molecule has 0 saturated carbocycles. The third-order valence-corrected chi connectivity index (χ3v) is 5.21. The van der Waals surface area contributed by atoms with Crippen molar-refractivity contribution in [3.63, 3.8) is 0 Å². The maximum absolute atomic E-state index is 12.3. The minimum Gasteiger partial charge on any atom is -0.473 e. The number of aryl methyl sites for hydroxylation is 5. The van der Waals surface area contributed by atoms with Gasteiger partial charge in [0.05, 0.1) is 17.1 Å². The highest BCUT2D eigenvalue weighted by Gasteiger charge is 2.15. The quantitative estimate of drug-likeness (QED) is 0.496. The maximum atomic E-state index is 12.3. The predicted octanol–water partition coefficient (Wildman–Crippen LogP) is 3.24. The standard InChI is InChI=1S/C23H24N6O2/c1-14-8-6-11-21(29-23(30)28(5)26-27-29)19(14)13-31-22-15(2)12-18(17(4)25-22)20-10-7-9-16(3)24-20/h6-12H,13H2,1-5H3. The van der Waals surface area contributed by atoms with Gasteiger partial charge in [-0.3, -0.25) is 4.98 Å². The molecular formula is C23H24N6O2. The minimum atomic E-state index is -0.313. The van der Waals surface area contributed by atoms with E-state index < -0.39 is 0 Å².